The van der Waals surface area contributed by atoms with E-state index in [0.29, 0.717) is 13.1 Å². The fourth-order valence-electron chi connectivity index (χ4n) is 2.82. The molecule has 0 aromatic heterocycles. The van der Waals surface area contributed by atoms with E-state index in [1.807, 2.05) is 24.3 Å². The van der Waals surface area contributed by atoms with Gasteiger partial charge < -0.3 is 15.8 Å². The maximum absolute atomic E-state index is 12.2. The van der Waals surface area contributed by atoms with Gasteiger partial charge in [0.25, 0.3) is 0 Å². The number of nitrogens with two attached hydrogens (primary N) is 1. The fraction of sp³-hybridized carbons (Fsp3) is 0.562. The van der Waals surface area contributed by atoms with Crippen molar-refractivity contribution in [3.8, 4) is 0 Å². The van der Waals surface area contributed by atoms with E-state index in [1.165, 1.54) is 0 Å². The Kier molecular flexibility index (Phi) is 5.33. The van der Waals surface area contributed by atoms with Crippen molar-refractivity contribution in [1.82, 2.24) is 4.90 Å². The van der Waals surface area contributed by atoms with Gasteiger partial charge in [0.15, 0.2) is 0 Å². The molecule has 1 fully saturated rings. The second kappa shape index (κ2) is 7.02. The van der Waals surface area contributed by atoms with Crippen LogP contribution in [0.2, 0.25) is 0 Å². The highest BCUT2D eigenvalue weighted by atomic mass is 16.5. The van der Waals surface area contributed by atoms with Crippen LogP contribution in [0.1, 0.15) is 25.3 Å². The minimum Gasteiger partial charge on any atom is -0.377 e. The maximum Gasteiger partial charge on any atom is 0.238 e. The number of carbonyl (C=O) groups is 1. The number of likely N-dealkylation sites (tertiary alicyclic amines) is 1. The Morgan fingerprint density at radius 1 is 1.48 bits per heavy atom. The van der Waals surface area contributed by atoms with Gasteiger partial charge in [0.2, 0.25) is 5.91 Å². The molecule has 1 aromatic rings. The number of rotatable bonds is 5. The number of methoxy groups -OCH3 is 1. The van der Waals surface area contributed by atoms with Gasteiger partial charge in [-0.25, -0.2) is 0 Å². The molecule has 1 unspecified atom stereocenters. The lowest BCUT2D eigenvalue weighted by Crippen LogP contribution is -2.49. The second-order valence-electron chi connectivity index (χ2n) is 5.88. The van der Waals surface area contributed by atoms with Gasteiger partial charge in [0.1, 0.15) is 0 Å². The van der Waals surface area contributed by atoms with Gasteiger partial charge in [-0.05, 0) is 37.9 Å². The van der Waals surface area contributed by atoms with Crippen LogP contribution in [0.4, 0.5) is 5.69 Å². The van der Waals surface area contributed by atoms with Crippen LogP contribution in [0.25, 0.3) is 0 Å². The summed E-state index contributed by atoms with van der Waals surface area (Å²) in [5, 5.41) is 2.95. The predicted molar refractivity (Wildman–Crippen MR) is 84.1 cm³/mol. The summed E-state index contributed by atoms with van der Waals surface area (Å²) in [4.78, 5) is 14.4. The van der Waals surface area contributed by atoms with Crippen LogP contribution in [-0.4, -0.2) is 43.2 Å². The smallest absolute Gasteiger partial charge is 0.238 e. The molecule has 0 bridgehead atoms. The molecule has 0 aliphatic carbocycles. The zero-order chi connectivity index (χ0) is 15.3. The Hall–Kier alpha value is -1.43. The molecule has 5 nitrogen and oxygen atoms in total. The number of benzene rings is 1. The number of hydrogen-bond acceptors (Lipinski definition) is 4. The molecule has 1 aliphatic heterocycles. The molecule has 0 spiro atoms. The Morgan fingerprint density at radius 3 is 2.95 bits per heavy atom. The van der Waals surface area contributed by atoms with Crippen molar-refractivity contribution in [2.24, 2.45) is 5.73 Å². The summed E-state index contributed by atoms with van der Waals surface area (Å²) < 4.78 is 5.56. The first-order valence-corrected chi connectivity index (χ1v) is 7.41. The Balaban J connectivity index is 1.92. The maximum atomic E-state index is 12.2. The van der Waals surface area contributed by atoms with Crippen LogP contribution in [0, 0.1) is 0 Å². The van der Waals surface area contributed by atoms with Crippen molar-refractivity contribution in [3.05, 3.63) is 29.8 Å². The summed E-state index contributed by atoms with van der Waals surface area (Å²) in [6, 6.07) is 7.64. The minimum atomic E-state index is -0.145. The van der Waals surface area contributed by atoms with Crippen molar-refractivity contribution >= 4 is 11.6 Å². The van der Waals surface area contributed by atoms with Crippen molar-refractivity contribution < 1.29 is 9.53 Å². The number of para-hydroxylation sites is 1. The zero-order valence-electron chi connectivity index (χ0n) is 12.9. The van der Waals surface area contributed by atoms with Crippen LogP contribution in [-0.2, 0) is 16.1 Å². The lowest BCUT2D eigenvalue weighted by Gasteiger charge is -2.39. The SMILES string of the molecule is COC1(C)CCCN(CC(=O)Nc2ccccc2CN)C1. The second-order valence-corrected chi connectivity index (χ2v) is 5.88. The van der Waals surface area contributed by atoms with Crippen LogP contribution in [0.3, 0.4) is 0 Å². The minimum absolute atomic E-state index is 0.00347. The summed E-state index contributed by atoms with van der Waals surface area (Å²) >= 11 is 0. The Bertz CT molecular complexity index is 492. The number of nitrogens with zero attached hydrogens (tertiary/aromatic N) is 1. The number of nitrogens with one attached hydrogen (secondary N) is 1. The van der Waals surface area contributed by atoms with Crippen LogP contribution >= 0.6 is 0 Å². The van der Waals surface area contributed by atoms with Gasteiger partial charge in [-0.2, -0.15) is 0 Å². The van der Waals surface area contributed by atoms with Crippen molar-refractivity contribution in [2.75, 3.05) is 32.1 Å². The molecule has 0 saturated carbocycles. The molecule has 1 saturated heterocycles. The normalized spacial score (nSPS) is 23.0. The molecule has 1 aromatic carbocycles. The molecule has 2 rings (SSSR count). The molecule has 1 atom stereocenters. The van der Waals surface area contributed by atoms with E-state index in [1.54, 1.807) is 7.11 Å². The summed E-state index contributed by atoms with van der Waals surface area (Å²) in [5.74, 6) is -0.00347. The molecule has 1 amide bonds. The van der Waals surface area contributed by atoms with E-state index < -0.39 is 0 Å². The first-order chi connectivity index (χ1) is 10.1. The van der Waals surface area contributed by atoms with Gasteiger partial charge >= 0.3 is 0 Å². The monoisotopic (exact) mass is 291 g/mol. The number of ether oxygens (including phenoxy) is 1. The Morgan fingerprint density at radius 2 is 2.24 bits per heavy atom. The number of amides is 1. The van der Waals surface area contributed by atoms with Crippen molar-refractivity contribution in [2.45, 2.75) is 31.9 Å². The van der Waals surface area contributed by atoms with E-state index in [4.69, 9.17) is 10.5 Å². The van der Waals surface area contributed by atoms with E-state index >= 15 is 0 Å². The topological polar surface area (TPSA) is 67.6 Å². The van der Waals surface area contributed by atoms with E-state index in [0.717, 1.165) is 37.2 Å². The quantitative estimate of drug-likeness (QED) is 0.864. The lowest BCUT2D eigenvalue weighted by atomic mass is 9.95. The summed E-state index contributed by atoms with van der Waals surface area (Å²) in [6.07, 6.45) is 2.09. The van der Waals surface area contributed by atoms with Crippen LogP contribution in [0.15, 0.2) is 24.3 Å². The summed E-state index contributed by atoms with van der Waals surface area (Å²) in [6.45, 7) is 4.63. The van der Waals surface area contributed by atoms with Gasteiger partial charge in [-0.15, -0.1) is 0 Å². The van der Waals surface area contributed by atoms with Gasteiger partial charge in [-0.3, -0.25) is 9.69 Å². The predicted octanol–water partition coefficient (Wildman–Crippen LogP) is 1.58. The highest BCUT2D eigenvalue weighted by Crippen LogP contribution is 2.23. The summed E-state index contributed by atoms with van der Waals surface area (Å²) in [7, 11) is 1.74. The van der Waals surface area contributed by atoms with Crippen molar-refractivity contribution in [3.63, 3.8) is 0 Å². The molecule has 1 heterocycles. The molecule has 116 valence electrons. The number of piperidine rings is 1. The third-order valence-electron chi connectivity index (χ3n) is 4.11. The first kappa shape index (κ1) is 15.9. The first-order valence-electron chi connectivity index (χ1n) is 7.41. The average Bonchev–Trinajstić information content (AvgIpc) is 2.48. The van der Waals surface area contributed by atoms with Crippen LogP contribution in [0.5, 0.6) is 0 Å². The van der Waals surface area contributed by atoms with E-state index in [2.05, 4.69) is 17.1 Å². The fourth-order valence-corrected chi connectivity index (χ4v) is 2.82. The van der Waals surface area contributed by atoms with E-state index in [-0.39, 0.29) is 11.5 Å². The molecular weight excluding hydrogens is 266 g/mol. The molecule has 21 heavy (non-hydrogen) atoms. The number of hydrogen-bond donors (Lipinski definition) is 2. The van der Waals surface area contributed by atoms with Crippen molar-refractivity contribution in [1.29, 1.82) is 0 Å². The Labute approximate surface area is 126 Å². The average molecular weight is 291 g/mol. The molecule has 3 N–H and O–H groups in total. The molecular formula is C16H25N3O2. The zero-order valence-corrected chi connectivity index (χ0v) is 12.9. The highest BCUT2D eigenvalue weighted by molar-refractivity contribution is 5.93. The van der Waals surface area contributed by atoms with Crippen LogP contribution < -0.4 is 11.1 Å². The molecule has 0 radical (unpaired) electrons. The third kappa shape index (κ3) is 4.27. The van der Waals surface area contributed by atoms with Gasteiger partial charge in [-0.1, -0.05) is 18.2 Å². The van der Waals surface area contributed by atoms with Gasteiger partial charge in [0.05, 0.1) is 12.1 Å². The van der Waals surface area contributed by atoms with Gasteiger partial charge in [0, 0.05) is 25.9 Å². The largest absolute Gasteiger partial charge is 0.377 e. The van der Waals surface area contributed by atoms with E-state index in [9.17, 15) is 4.79 Å². The standard InChI is InChI=1S/C16H25N3O2/c1-16(21-2)8-5-9-19(12-16)11-15(20)18-14-7-4-3-6-13(14)10-17/h3-4,6-7H,5,8-12,17H2,1-2H3,(H,18,20). The molecule has 1 aliphatic rings. The summed E-state index contributed by atoms with van der Waals surface area (Å²) in [5.41, 5.74) is 7.29. The number of carbonyl (C=O) groups excluding carboxylic acids is 1. The highest BCUT2D eigenvalue weighted by Gasteiger charge is 2.31. The number of anilines is 1. The lowest BCUT2D eigenvalue weighted by molar-refractivity contribution is -0.119. The third-order valence-corrected chi connectivity index (χ3v) is 4.11. The molecule has 5 heteroatoms.